The number of hydrogen-bond acceptors (Lipinski definition) is 4. The highest BCUT2D eigenvalue weighted by molar-refractivity contribution is 5.91. The van der Waals surface area contributed by atoms with Crippen LogP contribution in [0.25, 0.3) is 0 Å². The zero-order valence-corrected chi connectivity index (χ0v) is 12.5. The number of benzene rings is 1. The van der Waals surface area contributed by atoms with Crippen LogP contribution in [0.5, 0.6) is 0 Å². The van der Waals surface area contributed by atoms with Crippen LogP contribution in [0.2, 0.25) is 0 Å². The first kappa shape index (κ1) is 13.3. The molecule has 0 fully saturated rings. The van der Waals surface area contributed by atoms with E-state index in [-0.39, 0.29) is 17.8 Å². The second-order valence-corrected chi connectivity index (χ2v) is 6.08. The lowest BCUT2D eigenvalue weighted by atomic mass is 10.1. The minimum Gasteiger partial charge on any atom is -0.352 e. The average molecular weight is 297 g/mol. The predicted octanol–water partition coefficient (Wildman–Crippen LogP) is 1.90. The third-order valence-electron chi connectivity index (χ3n) is 4.46. The van der Waals surface area contributed by atoms with Crippen LogP contribution in [-0.4, -0.2) is 26.7 Å². The third kappa shape index (κ3) is 2.24. The fraction of sp³-hybridized carbons (Fsp3) is 0.438. The van der Waals surface area contributed by atoms with E-state index in [1.165, 1.54) is 11.1 Å². The summed E-state index contributed by atoms with van der Waals surface area (Å²) < 4.78 is 1.78. The molecule has 1 aliphatic heterocycles. The Morgan fingerprint density at radius 1 is 1.36 bits per heavy atom. The van der Waals surface area contributed by atoms with Crippen molar-refractivity contribution >= 4 is 11.9 Å². The lowest BCUT2D eigenvalue weighted by Gasteiger charge is -2.20. The molecule has 0 radical (unpaired) electrons. The Balaban J connectivity index is 1.52. The van der Waals surface area contributed by atoms with E-state index in [4.69, 9.17) is 0 Å². The van der Waals surface area contributed by atoms with E-state index in [0.717, 1.165) is 25.8 Å². The number of nitrogens with one attached hydrogen (secondary N) is 2. The molecule has 2 atom stereocenters. The van der Waals surface area contributed by atoms with Crippen molar-refractivity contribution in [2.24, 2.45) is 0 Å². The molecule has 6 nitrogen and oxygen atoms in total. The van der Waals surface area contributed by atoms with Gasteiger partial charge < -0.3 is 10.6 Å². The molecule has 0 spiro atoms. The van der Waals surface area contributed by atoms with Crippen molar-refractivity contribution in [1.82, 2.24) is 20.1 Å². The molecule has 1 aromatic carbocycles. The molecule has 114 valence electrons. The number of amides is 1. The average Bonchev–Trinajstić information content (AvgIpc) is 3.11. The van der Waals surface area contributed by atoms with Gasteiger partial charge in [0.15, 0.2) is 0 Å². The fourth-order valence-electron chi connectivity index (χ4n) is 3.24. The summed E-state index contributed by atoms with van der Waals surface area (Å²) in [6, 6.07) is 8.71. The number of hydrogen-bond donors (Lipinski definition) is 2. The Kier molecular flexibility index (Phi) is 3.10. The van der Waals surface area contributed by atoms with Crippen molar-refractivity contribution < 1.29 is 4.79 Å². The van der Waals surface area contributed by atoms with Crippen LogP contribution in [-0.2, 0) is 13.0 Å². The van der Waals surface area contributed by atoms with Crippen LogP contribution in [0.1, 0.15) is 47.6 Å². The molecule has 1 aromatic heterocycles. The molecule has 2 heterocycles. The molecule has 2 unspecified atom stereocenters. The van der Waals surface area contributed by atoms with Crippen molar-refractivity contribution in [3.05, 3.63) is 41.2 Å². The number of anilines is 1. The van der Waals surface area contributed by atoms with Crippen LogP contribution in [0, 0.1) is 0 Å². The number of rotatable bonds is 2. The van der Waals surface area contributed by atoms with Gasteiger partial charge in [-0.15, -0.1) is 5.10 Å². The van der Waals surface area contributed by atoms with Crippen molar-refractivity contribution in [2.45, 2.75) is 44.8 Å². The second-order valence-electron chi connectivity index (χ2n) is 6.08. The van der Waals surface area contributed by atoms with Gasteiger partial charge in [-0.25, -0.2) is 4.68 Å². The maximum atomic E-state index is 12.4. The highest BCUT2D eigenvalue weighted by Crippen LogP contribution is 2.30. The predicted molar refractivity (Wildman–Crippen MR) is 82.7 cm³/mol. The Morgan fingerprint density at radius 2 is 2.23 bits per heavy atom. The number of aryl methyl sites for hydroxylation is 2. The lowest BCUT2D eigenvalue weighted by Crippen LogP contribution is -2.28. The van der Waals surface area contributed by atoms with E-state index in [0.29, 0.717) is 12.0 Å². The summed E-state index contributed by atoms with van der Waals surface area (Å²) in [5, 5.41) is 10.6. The molecule has 0 bridgehead atoms. The second kappa shape index (κ2) is 5.12. The van der Waals surface area contributed by atoms with Gasteiger partial charge in [0, 0.05) is 12.6 Å². The molecule has 22 heavy (non-hydrogen) atoms. The maximum Gasteiger partial charge on any atom is 0.291 e. The Morgan fingerprint density at radius 3 is 3.14 bits per heavy atom. The molecule has 2 N–H and O–H groups in total. The van der Waals surface area contributed by atoms with Crippen LogP contribution >= 0.6 is 0 Å². The van der Waals surface area contributed by atoms with Gasteiger partial charge in [0.2, 0.25) is 11.8 Å². The van der Waals surface area contributed by atoms with Gasteiger partial charge in [-0.05, 0) is 37.3 Å². The highest BCUT2D eigenvalue weighted by atomic mass is 16.2. The SMILES string of the molecule is CC1CCn2nc(C(=O)NC3CCc4ccccc43)nc2N1. The Bertz CT molecular complexity index is 723. The largest absolute Gasteiger partial charge is 0.352 e. The molecule has 0 saturated heterocycles. The molecule has 2 aromatic rings. The van der Waals surface area contributed by atoms with Crippen LogP contribution in [0.3, 0.4) is 0 Å². The van der Waals surface area contributed by atoms with E-state index in [1.54, 1.807) is 4.68 Å². The summed E-state index contributed by atoms with van der Waals surface area (Å²) in [4.78, 5) is 16.8. The minimum atomic E-state index is -0.196. The van der Waals surface area contributed by atoms with E-state index >= 15 is 0 Å². The summed E-state index contributed by atoms with van der Waals surface area (Å²) >= 11 is 0. The van der Waals surface area contributed by atoms with Gasteiger partial charge in [-0.1, -0.05) is 24.3 Å². The standard InChI is InChI=1S/C16H19N5O/c1-10-8-9-21-16(17-10)19-14(20-21)15(22)18-13-7-6-11-4-2-3-5-12(11)13/h2-5,10,13H,6-9H2,1H3,(H,18,22)(H,17,19,20). The van der Waals surface area contributed by atoms with Crippen molar-refractivity contribution in [3.63, 3.8) is 0 Å². The van der Waals surface area contributed by atoms with Gasteiger partial charge >= 0.3 is 0 Å². The minimum absolute atomic E-state index is 0.0658. The number of aromatic nitrogens is 3. The number of carbonyl (C=O) groups is 1. The van der Waals surface area contributed by atoms with Crippen molar-refractivity contribution in [1.29, 1.82) is 0 Å². The first-order valence-corrected chi connectivity index (χ1v) is 7.81. The van der Waals surface area contributed by atoms with Crippen LogP contribution < -0.4 is 10.6 Å². The zero-order chi connectivity index (χ0) is 15.1. The molecule has 6 heteroatoms. The smallest absolute Gasteiger partial charge is 0.291 e. The fourth-order valence-corrected chi connectivity index (χ4v) is 3.24. The Labute approximate surface area is 128 Å². The topological polar surface area (TPSA) is 71.8 Å². The van der Waals surface area contributed by atoms with Crippen LogP contribution in [0.4, 0.5) is 5.95 Å². The van der Waals surface area contributed by atoms with Crippen LogP contribution in [0.15, 0.2) is 24.3 Å². The van der Waals surface area contributed by atoms with E-state index in [1.807, 2.05) is 12.1 Å². The van der Waals surface area contributed by atoms with Gasteiger partial charge in [-0.3, -0.25) is 4.79 Å². The first-order chi connectivity index (χ1) is 10.7. The summed E-state index contributed by atoms with van der Waals surface area (Å²) in [7, 11) is 0. The monoisotopic (exact) mass is 297 g/mol. The number of carbonyl (C=O) groups excluding carboxylic acids is 1. The van der Waals surface area contributed by atoms with Gasteiger partial charge in [0.05, 0.1) is 6.04 Å². The zero-order valence-electron chi connectivity index (χ0n) is 12.5. The van der Waals surface area contributed by atoms with Crippen molar-refractivity contribution in [3.8, 4) is 0 Å². The summed E-state index contributed by atoms with van der Waals surface area (Å²) in [6.45, 7) is 2.91. The maximum absolute atomic E-state index is 12.4. The quantitative estimate of drug-likeness (QED) is 0.888. The normalized spacial score (nSPS) is 22.6. The summed E-state index contributed by atoms with van der Waals surface area (Å²) in [5.41, 5.74) is 2.53. The molecule has 4 rings (SSSR count). The number of fused-ring (bicyclic) bond motifs is 2. The summed E-state index contributed by atoms with van der Waals surface area (Å²) in [6.07, 6.45) is 2.94. The summed E-state index contributed by atoms with van der Waals surface area (Å²) in [5.74, 6) is 0.745. The Hall–Kier alpha value is -2.37. The van der Waals surface area contributed by atoms with Gasteiger partial charge in [-0.2, -0.15) is 4.98 Å². The van der Waals surface area contributed by atoms with E-state index in [9.17, 15) is 4.79 Å². The lowest BCUT2D eigenvalue weighted by molar-refractivity contribution is 0.0926. The molecule has 0 saturated carbocycles. The van der Waals surface area contributed by atoms with Gasteiger partial charge in [0.1, 0.15) is 0 Å². The molecule has 1 aliphatic carbocycles. The molecule has 1 amide bonds. The van der Waals surface area contributed by atoms with Crippen molar-refractivity contribution in [2.75, 3.05) is 5.32 Å². The highest BCUT2D eigenvalue weighted by Gasteiger charge is 2.26. The van der Waals surface area contributed by atoms with E-state index in [2.05, 4.69) is 39.8 Å². The molecule has 2 aliphatic rings. The molecular weight excluding hydrogens is 278 g/mol. The number of nitrogens with zero attached hydrogens (tertiary/aromatic N) is 3. The molecular formula is C16H19N5O. The van der Waals surface area contributed by atoms with E-state index < -0.39 is 0 Å². The first-order valence-electron chi connectivity index (χ1n) is 7.81. The third-order valence-corrected chi connectivity index (χ3v) is 4.46. The van der Waals surface area contributed by atoms with Gasteiger partial charge in [0.25, 0.3) is 5.91 Å².